The van der Waals surface area contributed by atoms with Crippen LogP contribution in [0.2, 0.25) is 18.1 Å². The molecule has 1 heterocycles. The lowest BCUT2D eigenvalue weighted by atomic mass is 10.2. The van der Waals surface area contributed by atoms with Crippen molar-refractivity contribution in [3.63, 3.8) is 0 Å². The fourth-order valence-electron chi connectivity index (χ4n) is 2.37. The van der Waals surface area contributed by atoms with E-state index in [0.29, 0.717) is 28.8 Å². The van der Waals surface area contributed by atoms with E-state index in [1.165, 1.54) is 6.07 Å². The van der Waals surface area contributed by atoms with E-state index in [4.69, 9.17) is 8.84 Å². The molecule has 0 aliphatic carbocycles. The summed E-state index contributed by atoms with van der Waals surface area (Å²) in [5.41, 5.74) is 1.01. The molecule has 2 aromatic rings. The zero-order valence-electron chi connectivity index (χ0n) is 18.9. The van der Waals surface area contributed by atoms with Crippen LogP contribution in [-0.2, 0) is 16.6 Å². The normalized spacial score (nSPS) is 13.6. The molecule has 2 rings (SSSR count). The minimum absolute atomic E-state index is 0.0164. The molecule has 0 aliphatic rings. The van der Waals surface area contributed by atoms with Gasteiger partial charge in [0.15, 0.2) is 11.5 Å². The van der Waals surface area contributed by atoms with Gasteiger partial charge in [0, 0.05) is 22.1 Å². The van der Waals surface area contributed by atoms with Crippen LogP contribution in [0, 0.1) is 13.8 Å². The van der Waals surface area contributed by atoms with Crippen LogP contribution in [0.15, 0.2) is 55.9 Å². The topological polar surface area (TPSA) is 56.5 Å². The average Bonchev–Trinajstić information content (AvgIpc) is 2.63. The summed E-state index contributed by atoms with van der Waals surface area (Å²) in [5.74, 6) is 2.67. The van der Waals surface area contributed by atoms with Crippen LogP contribution in [0.25, 0.3) is 0 Å². The third kappa shape index (κ3) is 6.72. The fraction of sp³-hybridized carbons (Fsp3) is 0.435. The van der Waals surface area contributed by atoms with Gasteiger partial charge >= 0.3 is 0 Å². The minimum Gasteiger partial charge on any atom is -0.539 e. The maximum Gasteiger partial charge on any atom is 0.250 e. The average molecular weight is 465 g/mol. The van der Waals surface area contributed by atoms with Crippen molar-refractivity contribution in [1.29, 1.82) is 0 Å². The minimum atomic E-state index is -2.16. The lowest BCUT2D eigenvalue weighted by Crippen LogP contribution is -2.45. The van der Waals surface area contributed by atoms with Gasteiger partial charge in [-0.05, 0) is 44.1 Å². The van der Waals surface area contributed by atoms with Crippen LogP contribution >= 0.6 is 11.8 Å². The van der Waals surface area contributed by atoms with Crippen molar-refractivity contribution >= 4 is 30.9 Å². The lowest BCUT2D eigenvalue weighted by Gasteiger charge is -2.36. The number of hydrogen-bond acceptors (Lipinski definition) is 5. The van der Waals surface area contributed by atoms with Gasteiger partial charge in [-0.25, -0.2) is 4.21 Å². The fourth-order valence-corrected chi connectivity index (χ4v) is 5.08. The lowest BCUT2D eigenvalue weighted by molar-refractivity contribution is 0.419. The zero-order chi connectivity index (χ0) is 22.5. The van der Waals surface area contributed by atoms with E-state index in [1.54, 1.807) is 24.1 Å². The Bertz CT molecular complexity index is 970. The van der Waals surface area contributed by atoms with Crippen molar-refractivity contribution in [2.75, 3.05) is 5.75 Å². The van der Waals surface area contributed by atoms with Gasteiger partial charge in [-0.1, -0.05) is 44.5 Å². The van der Waals surface area contributed by atoms with Gasteiger partial charge < -0.3 is 8.84 Å². The first-order valence-corrected chi connectivity index (χ1v) is 15.2. The summed E-state index contributed by atoms with van der Waals surface area (Å²) in [6.07, 6.45) is 1.89. The Labute approximate surface area is 187 Å². The van der Waals surface area contributed by atoms with Gasteiger partial charge in [0.2, 0.25) is 5.43 Å². The van der Waals surface area contributed by atoms with Gasteiger partial charge in [-0.15, -0.1) is 11.8 Å². The molecule has 1 atom stereocenters. The number of benzene rings is 1. The van der Waals surface area contributed by atoms with Crippen molar-refractivity contribution in [3.8, 4) is 5.75 Å². The smallest absolute Gasteiger partial charge is 0.250 e. The molecular weight excluding hydrogens is 432 g/mol. The summed E-state index contributed by atoms with van der Waals surface area (Å²) in [6.45, 7) is 14.4. The van der Waals surface area contributed by atoms with Gasteiger partial charge in [-0.2, -0.15) is 0 Å². The molecule has 0 spiro atoms. The van der Waals surface area contributed by atoms with Crippen molar-refractivity contribution in [2.24, 2.45) is 0 Å². The SMILES string of the molecule is Cc1ccc(S(=O)/C=C/CSCc2oc(C)cc(=O)c2O[Si](C)(C)C(C)(C)C)cc1. The van der Waals surface area contributed by atoms with E-state index in [2.05, 4.69) is 33.9 Å². The Hall–Kier alpha value is -1.57. The standard InChI is InChI=1S/C23H32O4S2Si/c1-17-9-11-19(12-10-17)29(25)14-8-13-28-16-21-22(20(24)15-18(2)26-21)27-30(6,7)23(3,4)5/h8-12,14-15H,13,16H2,1-7H3/b14-8+. The molecule has 0 amide bonds. The molecule has 1 aromatic carbocycles. The number of aryl methyl sites for hydroxylation is 2. The highest BCUT2D eigenvalue weighted by Crippen LogP contribution is 2.37. The number of rotatable bonds is 8. The Balaban J connectivity index is 2.05. The summed E-state index contributed by atoms with van der Waals surface area (Å²) >= 11 is 1.59. The summed E-state index contributed by atoms with van der Waals surface area (Å²) in [7, 11) is -3.32. The van der Waals surface area contributed by atoms with E-state index in [-0.39, 0.29) is 10.5 Å². The first-order chi connectivity index (χ1) is 13.9. The molecule has 1 unspecified atom stereocenters. The zero-order valence-corrected chi connectivity index (χ0v) is 21.5. The van der Waals surface area contributed by atoms with Crippen LogP contribution in [0.1, 0.15) is 37.9 Å². The number of hydrogen-bond donors (Lipinski definition) is 0. The van der Waals surface area contributed by atoms with E-state index in [1.807, 2.05) is 37.3 Å². The van der Waals surface area contributed by atoms with Crippen molar-refractivity contribution in [3.05, 3.63) is 69.1 Å². The second kappa shape index (κ2) is 10.2. The molecular formula is C23H32O4S2Si. The van der Waals surface area contributed by atoms with Crippen molar-refractivity contribution in [1.82, 2.24) is 0 Å². The quantitative estimate of drug-likeness (QED) is 0.344. The maximum absolute atomic E-state index is 12.6. The molecule has 7 heteroatoms. The Morgan fingerprint density at radius 3 is 2.40 bits per heavy atom. The first kappa shape index (κ1) is 24.7. The van der Waals surface area contributed by atoms with E-state index in [0.717, 1.165) is 10.5 Å². The highest BCUT2D eigenvalue weighted by molar-refractivity contribution is 7.98. The summed E-state index contributed by atoms with van der Waals surface area (Å²) in [4.78, 5) is 13.4. The van der Waals surface area contributed by atoms with Crippen LogP contribution in [0.4, 0.5) is 0 Å². The predicted octanol–water partition coefficient (Wildman–Crippen LogP) is 6.20. The van der Waals surface area contributed by atoms with Crippen LogP contribution in [0.3, 0.4) is 0 Å². The molecule has 0 saturated heterocycles. The molecule has 4 nitrogen and oxygen atoms in total. The van der Waals surface area contributed by atoms with Crippen molar-refractivity contribution < 1.29 is 13.1 Å². The molecule has 30 heavy (non-hydrogen) atoms. The first-order valence-electron chi connectivity index (χ1n) is 9.95. The highest BCUT2D eigenvalue weighted by Gasteiger charge is 2.40. The number of thioether (sulfide) groups is 1. The van der Waals surface area contributed by atoms with Gasteiger partial charge in [-0.3, -0.25) is 4.79 Å². The molecule has 1 aromatic heterocycles. The molecule has 0 fully saturated rings. The Kier molecular flexibility index (Phi) is 8.36. The molecule has 0 bridgehead atoms. The monoisotopic (exact) mass is 464 g/mol. The molecule has 0 N–H and O–H groups in total. The van der Waals surface area contributed by atoms with Crippen LogP contribution < -0.4 is 9.85 Å². The third-order valence-electron chi connectivity index (χ3n) is 5.18. The highest BCUT2D eigenvalue weighted by atomic mass is 32.2. The largest absolute Gasteiger partial charge is 0.539 e. The van der Waals surface area contributed by atoms with Gasteiger partial charge in [0.25, 0.3) is 8.32 Å². The maximum atomic E-state index is 12.6. The second-order valence-electron chi connectivity index (χ2n) is 8.83. The van der Waals surface area contributed by atoms with Crippen LogP contribution in [0.5, 0.6) is 5.75 Å². The second-order valence-corrected chi connectivity index (χ2v) is 15.9. The van der Waals surface area contributed by atoms with E-state index < -0.39 is 19.1 Å². The third-order valence-corrected chi connectivity index (χ3v) is 11.6. The molecule has 0 saturated carbocycles. The van der Waals surface area contributed by atoms with E-state index >= 15 is 0 Å². The summed E-state index contributed by atoms with van der Waals surface area (Å²) in [6, 6.07) is 9.17. The molecule has 0 aliphatic heterocycles. The summed E-state index contributed by atoms with van der Waals surface area (Å²) in [5, 5.41) is 1.69. The Morgan fingerprint density at radius 1 is 1.17 bits per heavy atom. The molecule has 0 radical (unpaired) electrons. The Morgan fingerprint density at radius 2 is 1.80 bits per heavy atom. The van der Waals surface area contributed by atoms with Gasteiger partial charge in [0.1, 0.15) is 5.76 Å². The van der Waals surface area contributed by atoms with Gasteiger partial charge in [0.05, 0.1) is 16.6 Å². The molecule has 164 valence electrons. The van der Waals surface area contributed by atoms with Crippen LogP contribution in [-0.4, -0.2) is 18.3 Å². The van der Waals surface area contributed by atoms with Crippen molar-refractivity contribution in [2.45, 2.75) is 63.4 Å². The predicted molar refractivity (Wildman–Crippen MR) is 130 cm³/mol. The van der Waals surface area contributed by atoms with E-state index in [9.17, 15) is 9.00 Å². The summed E-state index contributed by atoms with van der Waals surface area (Å²) < 4.78 is 24.5.